The van der Waals surface area contributed by atoms with Crippen LogP contribution in [-0.4, -0.2) is 47.9 Å². The van der Waals surface area contributed by atoms with Crippen molar-refractivity contribution in [2.24, 2.45) is 0 Å². The Morgan fingerprint density at radius 1 is 1.22 bits per heavy atom. The van der Waals surface area contributed by atoms with E-state index in [1.54, 1.807) is 23.2 Å². The number of carbonyl (C=O) groups is 1. The molecule has 0 saturated carbocycles. The summed E-state index contributed by atoms with van der Waals surface area (Å²) in [6, 6.07) is 7.66. The fourth-order valence-electron chi connectivity index (χ4n) is 5.16. The highest BCUT2D eigenvalue weighted by Gasteiger charge is 2.36. The predicted octanol–water partition coefficient (Wildman–Crippen LogP) is 5.60. The Morgan fingerprint density at radius 2 is 1.98 bits per heavy atom. The van der Waals surface area contributed by atoms with Gasteiger partial charge in [-0.1, -0.05) is 35.6 Å². The number of pyridine rings is 1. The summed E-state index contributed by atoms with van der Waals surface area (Å²) in [4.78, 5) is 21.6. The summed E-state index contributed by atoms with van der Waals surface area (Å²) in [6.45, 7) is 2.43. The van der Waals surface area contributed by atoms with Gasteiger partial charge in [0.1, 0.15) is 28.5 Å². The lowest BCUT2D eigenvalue weighted by Gasteiger charge is -2.35. The molecule has 3 heterocycles. The number of nitriles is 1. The Labute approximate surface area is 244 Å². The van der Waals surface area contributed by atoms with Gasteiger partial charge in [-0.15, -0.1) is 11.3 Å². The third-order valence-corrected chi connectivity index (χ3v) is 8.59. The minimum Gasteiger partial charge on any atom is -0.389 e. The van der Waals surface area contributed by atoms with Gasteiger partial charge >= 0.3 is 0 Å². The van der Waals surface area contributed by atoms with Gasteiger partial charge in [0, 0.05) is 29.3 Å². The topological polar surface area (TPSA) is 112 Å². The normalized spacial score (nSPS) is 13.6. The van der Waals surface area contributed by atoms with E-state index in [4.69, 9.17) is 23.1 Å². The minimum atomic E-state index is -0.828. The van der Waals surface area contributed by atoms with E-state index in [0.717, 1.165) is 11.3 Å². The zero-order valence-electron chi connectivity index (χ0n) is 22.5. The zero-order chi connectivity index (χ0) is 29.6. The van der Waals surface area contributed by atoms with Crippen molar-refractivity contribution in [2.75, 3.05) is 38.7 Å². The second kappa shape index (κ2) is 11.0. The van der Waals surface area contributed by atoms with Crippen molar-refractivity contribution in [3.63, 3.8) is 0 Å². The number of benzene rings is 2. The van der Waals surface area contributed by atoms with Crippen LogP contribution in [0.2, 0.25) is 5.02 Å². The number of nitrogens with zero attached hydrogens (tertiary/aromatic N) is 4. The number of fused-ring (bicyclic) bond motifs is 2. The smallest absolute Gasteiger partial charge is 0.256 e. The molecule has 208 valence electrons. The zero-order valence-corrected chi connectivity index (χ0v) is 24.1. The van der Waals surface area contributed by atoms with Crippen molar-refractivity contribution in [3.05, 3.63) is 74.9 Å². The molecule has 0 bridgehead atoms. The lowest BCUT2D eigenvalue weighted by molar-refractivity contribution is 0.0672. The first-order valence-corrected chi connectivity index (χ1v) is 13.9. The lowest BCUT2D eigenvalue weighted by Crippen LogP contribution is -2.40. The lowest BCUT2D eigenvalue weighted by atomic mass is 9.87. The van der Waals surface area contributed by atoms with Gasteiger partial charge in [-0.3, -0.25) is 9.69 Å². The number of aromatic nitrogens is 1. The number of hydrogen-bond donors (Lipinski definition) is 2. The number of rotatable bonds is 4. The second-order valence-corrected chi connectivity index (χ2v) is 11.4. The largest absolute Gasteiger partial charge is 0.389 e. The van der Waals surface area contributed by atoms with Gasteiger partial charge in [-0.2, -0.15) is 5.26 Å². The molecule has 5 rings (SSSR count). The molecular weight excluding hydrogens is 566 g/mol. The molecule has 0 radical (unpaired) electrons. The van der Waals surface area contributed by atoms with E-state index in [-0.39, 0.29) is 54.5 Å². The number of carbonyl (C=O) groups excluding carboxylic acids is 1. The quantitative estimate of drug-likeness (QED) is 0.299. The first kappa shape index (κ1) is 28.3. The highest BCUT2D eigenvalue weighted by Crippen LogP contribution is 2.47. The Morgan fingerprint density at radius 3 is 2.66 bits per heavy atom. The van der Waals surface area contributed by atoms with Crippen molar-refractivity contribution >= 4 is 49.7 Å². The highest BCUT2D eigenvalue weighted by molar-refractivity contribution is 7.23. The monoisotopic (exact) mass is 590 g/mol. The van der Waals surface area contributed by atoms with Crippen LogP contribution in [0.1, 0.15) is 45.6 Å². The molecule has 0 aliphatic carbocycles. The number of nitrogens with two attached hydrogens (primary N) is 2. The van der Waals surface area contributed by atoms with E-state index < -0.39 is 23.6 Å². The number of amides is 1. The number of halogens is 3. The average molecular weight is 591 g/mol. The summed E-state index contributed by atoms with van der Waals surface area (Å²) in [5, 5.41) is 10.1. The summed E-state index contributed by atoms with van der Waals surface area (Å²) in [7, 11) is 3.64. The molecule has 1 amide bonds. The van der Waals surface area contributed by atoms with Gasteiger partial charge in [0.05, 0.1) is 39.0 Å². The van der Waals surface area contributed by atoms with Crippen LogP contribution in [0.15, 0.2) is 30.5 Å². The average Bonchev–Trinajstić information content (AvgIpc) is 3.28. The van der Waals surface area contributed by atoms with Crippen LogP contribution >= 0.6 is 22.9 Å². The molecule has 0 saturated heterocycles. The summed E-state index contributed by atoms with van der Waals surface area (Å²) < 4.78 is 31.6. The van der Waals surface area contributed by atoms with Crippen LogP contribution in [0, 0.1) is 34.8 Å². The Balaban J connectivity index is 1.77. The molecule has 0 fully saturated rings. The van der Waals surface area contributed by atoms with Crippen molar-refractivity contribution in [3.8, 4) is 29.0 Å². The summed E-state index contributed by atoms with van der Waals surface area (Å²) in [5.74, 6) is 4.25. The van der Waals surface area contributed by atoms with Crippen LogP contribution in [-0.2, 0) is 6.42 Å². The van der Waals surface area contributed by atoms with Crippen LogP contribution < -0.4 is 11.5 Å². The molecule has 41 heavy (non-hydrogen) atoms. The van der Waals surface area contributed by atoms with E-state index in [9.17, 15) is 14.4 Å². The number of nitrogen functional groups attached to an aromatic ring is 2. The van der Waals surface area contributed by atoms with Crippen LogP contribution in [0.3, 0.4) is 0 Å². The van der Waals surface area contributed by atoms with Crippen molar-refractivity contribution in [1.82, 2.24) is 14.8 Å². The molecule has 0 spiro atoms. The third-order valence-electron chi connectivity index (χ3n) is 7.15. The molecule has 4 aromatic rings. The fourth-order valence-corrected chi connectivity index (χ4v) is 6.48. The first-order valence-electron chi connectivity index (χ1n) is 12.7. The standard InChI is InChI=1S/C30H25ClF2N6OS/c1-15(16-6-4-11-37-28(16)35)39-13-10-18-23(30(39)40)19(7-5-12-38(2)3)26(33)24(25(18)31)17-8-9-21(32)27-22(17)20(14-34)29(36)41-27/h4,6,8-9,11,15H,10,12-13,36H2,1-3H3,(H2,35,37). The summed E-state index contributed by atoms with van der Waals surface area (Å²) >= 11 is 7.81. The summed E-state index contributed by atoms with van der Waals surface area (Å²) in [6.07, 6.45) is 1.88. The highest BCUT2D eigenvalue weighted by atomic mass is 35.5. The van der Waals surface area contributed by atoms with Gasteiger partial charge in [-0.25, -0.2) is 13.8 Å². The van der Waals surface area contributed by atoms with E-state index in [1.165, 1.54) is 12.1 Å². The van der Waals surface area contributed by atoms with E-state index in [0.29, 0.717) is 29.9 Å². The molecular formula is C30H25ClF2N6OS. The minimum absolute atomic E-state index is 0.0128. The van der Waals surface area contributed by atoms with Gasteiger partial charge in [0.15, 0.2) is 0 Å². The SMILES string of the molecule is CC(c1cccnc1N)N1CCc2c(Cl)c(-c3ccc(F)c4sc(N)c(C#N)c34)c(F)c(C#CCN(C)C)c2C1=O. The maximum atomic E-state index is 16.7. The van der Waals surface area contributed by atoms with Crippen LogP contribution in [0.5, 0.6) is 0 Å². The van der Waals surface area contributed by atoms with Crippen molar-refractivity contribution < 1.29 is 13.6 Å². The predicted molar refractivity (Wildman–Crippen MR) is 159 cm³/mol. The van der Waals surface area contributed by atoms with E-state index in [2.05, 4.69) is 16.8 Å². The van der Waals surface area contributed by atoms with E-state index in [1.807, 2.05) is 32.0 Å². The summed E-state index contributed by atoms with van der Waals surface area (Å²) in [5.41, 5.74) is 13.4. The molecule has 1 aliphatic heterocycles. The van der Waals surface area contributed by atoms with Gasteiger partial charge in [0.25, 0.3) is 5.91 Å². The van der Waals surface area contributed by atoms with Crippen molar-refractivity contribution in [2.45, 2.75) is 19.4 Å². The molecule has 1 aliphatic rings. The third kappa shape index (κ3) is 4.74. The van der Waals surface area contributed by atoms with E-state index >= 15 is 4.39 Å². The Hall–Kier alpha value is -4.22. The maximum absolute atomic E-state index is 16.7. The molecule has 7 nitrogen and oxygen atoms in total. The number of anilines is 2. The Kier molecular flexibility index (Phi) is 7.58. The maximum Gasteiger partial charge on any atom is 0.256 e. The Bertz CT molecular complexity index is 1840. The number of hydrogen-bond acceptors (Lipinski definition) is 7. The van der Waals surface area contributed by atoms with Gasteiger partial charge in [-0.05, 0) is 50.7 Å². The fraction of sp³-hybridized carbons (Fsp3) is 0.233. The van der Waals surface area contributed by atoms with Crippen LogP contribution in [0.25, 0.3) is 21.2 Å². The number of thiophene rings is 1. The van der Waals surface area contributed by atoms with Crippen molar-refractivity contribution in [1.29, 1.82) is 5.26 Å². The molecule has 4 N–H and O–H groups in total. The molecule has 11 heteroatoms. The molecule has 1 unspecified atom stereocenters. The second-order valence-electron chi connectivity index (χ2n) is 9.93. The molecule has 2 aromatic carbocycles. The molecule has 2 aromatic heterocycles. The first-order chi connectivity index (χ1) is 19.6. The van der Waals surface area contributed by atoms with Crippen LogP contribution in [0.4, 0.5) is 19.6 Å². The molecule has 1 atom stereocenters. The van der Waals surface area contributed by atoms with Gasteiger partial charge in [0.2, 0.25) is 0 Å². The van der Waals surface area contributed by atoms with Gasteiger partial charge < -0.3 is 16.4 Å².